The number of hydrogen-bond acceptors (Lipinski definition) is 3. The zero-order chi connectivity index (χ0) is 12.8. The summed E-state index contributed by atoms with van der Waals surface area (Å²) in [5, 5.41) is 12.4. The minimum atomic E-state index is 0.355. The average Bonchev–Trinajstić information content (AvgIpc) is 2.39. The van der Waals surface area contributed by atoms with E-state index in [9.17, 15) is 0 Å². The molecule has 1 aromatic heterocycles. The molecular formula is C14H16ClN3. The van der Waals surface area contributed by atoms with E-state index in [0.717, 1.165) is 13.0 Å². The van der Waals surface area contributed by atoms with E-state index in [1.807, 2.05) is 0 Å². The topological polar surface area (TPSA) is 48.7 Å². The van der Waals surface area contributed by atoms with E-state index in [2.05, 4.69) is 22.4 Å². The molecule has 1 aliphatic rings. The fourth-order valence-electron chi connectivity index (χ4n) is 2.13. The Labute approximate surface area is 112 Å². The molecule has 1 N–H and O–H groups in total. The van der Waals surface area contributed by atoms with E-state index in [4.69, 9.17) is 16.9 Å². The standard InChI is InChI=1S/C14H16ClN3/c15-13-8-12(10-16)9-14(18-13)17-7-6-11-4-2-1-3-5-11/h4,8-9H,1-3,5-7H2,(H,17,18). The Hall–Kier alpha value is -1.53. The third-order valence-electron chi connectivity index (χ3n) is 3.06. The first-order chi connectivity index (χ1) is 8.78. The maximum absolute atomic E-state index is 8.84. The quantitative estimate of drug-likeness (QED) is 0.660. The second kappa shape index (κ2) is 6.42. The molecule has 4 heteroatoms. The molecular weight excluding hydrogens is 246 g/mol. The minimum absolute atomic E-state index is 0.355. The molecule has 1 aliphatic carbocycles. The van der Waals surface area contributed by atoms with Crippen LogP contribution < -0.4 is 5.32 Å². The van der Waals surface area contributed by atoms with E-state index in [1.165, 1.54) is 31.3 Å². The van der Waals surface area contributed by atoms with Gasteiger partial charge in [-0.05, 0) is 44.2 Å². The predicted molar refractivity (Wildman–Crippen MR) is 73.6 cm³/mol. The van der Waals surface area contributed by atoms with E-state index >= 15 is 0 Å². The highest BCUT2D eigenvalue weighted by Crippen LogP contribution is 2.20. The summed E-state index contributed by atoms with van der Waals surface area (Å²) in [5.41, 5.74) is 2.06. The highest BCUT2D eigenvalue weighted by atomic mass is 35.5. The van der Waals surface area contributed by atoms with Crippen LogP contribution >= 0.6 is 11.6 Å². The molecule has 18 heavy (non-hydrogen) atoms. The zero-order valence-electron chi connectivity index (χ0n) is 10.2. The van der Waals surface area contributed by atoms with Gasteiger partial charge in [-0.2, -0.15) is 5.26 Å². The van der Waals surface area contributed by atoms with Crippen molar-refractivity contribution in [3.8, 4) is 6.07 Å². The van der Waals surface area contributed by atoms with Crippen LogP contribution in [0, 0.1) is 11.3 Å². The van der Waals surface area contributed by atoms with E-state index in [1.54, 1.807) is 12.1 Å². The van der Waals surface area contributed by atoms with Crippen LogP contribution in [-0.2, 0) is 0 Å². The van der Waals surface area contributed by atoms with Crippen molar-refractivity contribution < 1.29 is 0 Å². The molecule has 2 rings (SSSR count). The number of aromatic nitrogens is 1. The Morgan fingerprint density at radius 1 is 1.39 bits per heavy atom. The van der Waals surface area contributed by atoms with Crippen LogP contribution in [0.1, 0.15) is 37.7 Å². The van der Waals surface area contributed by atoms with Crippen molar-refractivity contribution in [1.29, 1.82) is 5.26 Å². The second-order valence-electron chi connectivity index (χ2n) is 4.46. The van der Waals surface area contributed by atoms with Crippen LogP contribution in [0.5, 0.6) is 0 Å². The lowest BCUT2D eigenvalue weighted by atomic mass is 9.97. The van der Waals surface area contributed by atoms with Crippen LogP contribution in [0.3, 0.4) is 0 Å². The molecule has 0 spiro atoms. The van der Waals surface area contributed by atoms with Crippen molar-refractivity contribution in [3.63, 3.8) is 0 Å². The van der Waals surface area contributed by atoms with Gasteiger partial charge in [0.15, 0.2) is 0 Å². The first kappa shape index (κ1) is 12.9. The summed E-state index contributed by atoms with van der Waals surface area (Å²) in [4.78, 5) is 4.15. The summed E-state index contributed by atoms with van der Waals surface area (Å²) >= 11 is 5.84. The van der Waals surface area contributed by atoms with Crippen LogP contribution in [0.4, 0.5) is 5.82 Å². The van der Waals surface area contributed by atoms with Crippen LogP contribution in [-0.4, -0.2) is 11.5 Å². The summed E-state index contributed by atoms with van der Waals surface area (Å²) in [6.45, 7) is 0.837. The molecule has 0 radical (unpaired) electrons. The van der Waals surface area contributed by atoms with Crippen molar-refractivity contribution in [1.82, 2.24) is 4.98 Å². The Morgan fingerprint density at radius 2 is 2.28 bits per heavy atom. The van der Waals surface area contributed by atoms with Gasteiger partial charge >= 0.3 is 0 Å². The molecule has 0 unspecified atom stereocenters. The van der Waals surface area contributed by atoms with Crippen molar-refractivity contribution >= 4 is 17.4 Å². The molecule has 94 valence electrons. The third kappa shape index (κ3) is 3.75. The van der Waals surface area contributed by atoms with Gasteiger partial charge in [-0.3, -0.25) is 0 Å². The van der Waals surface area contributed by atoms with E-state index in [0.29, 0.717) is 16.5 Å². The van der Waals surface area contributed by atoms with Crippen molar-refractivity contribution in [3.05, 3.63) is 34.5 Å². The van der Waals surface area contributed by atoms with Gasteiger partial charge in [0.1, 0.15) is 11.0 Å². The lowest BCUT2D eigenvalue weighted by molar-refractivity contribution is 0.679. The molecule has 1 aromatic rings. The maximum atomic E-state index is 8.84. The number of anilines is 1. The minimum Gasteiger partial charge on any atom is -0.370 e. The Bertz CT molecular complexity index is 488. The number of nitrogens with one attached hydrogen (secondary N) is 1. The highest BCUT2D eigenvalue weighted by Gasteiger charge is 2.04. The van der Waals surface area contributed by atoms with Gasteiger partial charge in [-0.1, -0.05) is 23.3 Å². The SMILES string of the molecule is N#Cc1cc(Cl)nc(NCCC2=CCCCC2)c1. The van der Waals surface area contributed by atoms with Crippen LogP contribution in [0.15, 0.2) is 23.8 Å². The maximum Gasteiger partial charge on any atom is 0.132 e. The third-order valence-corrected chi connectivity index (χ3v) is 3.25. The first-order valence-electron chi connectivity index (χ1n) is 6.27. The molecule has 0 fully saturated rings. The lowest BCUT2D eigenvalue weighted by Crippen LogP contribution is -2.06. The van der Waals surface area contributed by atoms with Gasteiger partial charge < -0.3 is 5.32 Å². The number of nitrogens with zero attached hydrogens (tertiary/aromatic N) is 2. The second-order valence-corrected chi connectivity index (χ2v) is 4.85. The predicted octanol–water partition coefficient (Wildman–Crippen LogP) is 3.91. The molecule has 0 aromatic carbocycles. The van der Waals surface area contributed by atoms with Gasteiger partial charge in [-0.25, -0.2) is 4.98 Å². The van der Waals surface area contributed by atoms with Crippen LogP contribution in [0.2, 0.25) is 5.15 Å². The van der Waals surface area contributed by atoms with Crippen molar-refractivity contribution in [2.24, 2.45) is 0 Å². The number of hydrogen-bond donors (Lipinski definition) is 1. The van der Waals surface area contributed by atoms with Crippen LogP contribution in [0.25, 0.3) is 0 Å². The number of halogens is 1. The lowest BCUT2D eigenvalue weighted by Gasteiger charge is -2.13. The Balaban J connectivity index is 1.88. The first-order valence-corrected chi connectivity index (χ1v) is 6.65. The number of pyridine rings is 1. The normalized spacial score (nSPS) is 14.8. The van der Waals surface area contributed by atoms with Gasteiger partial charge in [-0.15, -0.1) is 0 Å². The van der Waals surface area contributed by atoms with Gasteiger partial charge in [0.05, 0.1) is 11.6 Å². The molecule has 3 nitrogen and oxygen atoms in total. The van der Waals surface area contributed by atoms with Crippen molar-refractivity contribution in [2.45, 2.75) is 32.1 Å². The van der Waals surface area contributed by atoms with Gasteiger partial charge in [0.2, 0.25) is 0 Å². The Morgan fingerprint density at radius 3 is 3.00 bits per heavy atom. The summed E-state index contributed by atoms with van der Waals surface area (Å²) < 4.78 is 0. The van der Waals surface area contributed by atoms with E-state index < -0.39 is 0 Å². The molecule has 0 amide bonds. The zero-order valence-corrected chi connectivity index (χ0v) is 11.0. The molecule has 1 heterocycles. The van der Waals surface area contributed by atoms with Crippen molar-refractivity contribution in [2.75, 3.05) is 11.9 Å². The molecule has 0 bridgehead atoms. The summed E-state index contributed by atoms with van der Waals surface area (Å²) in [6.07, 6.45) is 8.43. The molecule has 0 atom stereocenters. The smallest absolute Gasteiger partial charge is 0.132 e. The summed E-state index contributed by atoms with van der Waals surface area (Å²) in [5.74, 6) is 0.676. The summed E-state index contributed by atoms with van der Waals surface area (Å²) in [7, 11) is 0. The Kier molecular flexibility index (Phi) is 4.60. The largest absolute Gasteiger partial charge is 0.370 e. The van der Waals surface area contributed by atoms with Gasteiger partial charge in [0, 0.05) is 6.54 Å². The average molecular weight is 262 g/mol. The molecule has 0 saturated carbocycles. The molecule has 0 aliphatic heterocycles. The fourth-order valence-corrected chi connectivity index (χ4v) is 2.34. The monoisotopic (exact) mass is 261 g/mol. The number of rotatable bonds is 4. The van der Waals surface area contributed by atoms with Gasteiger partial charge in [0.25, 0.3) is 0 Å². The number of nitriles is 1. The summed E-state index contributed by atoms with van der Waals surface area (Å²) in [6, 6.07) is 5.36. The highest BCUT2D eigenvalue weighted by molar-refractivity contribution is 6.29. The van der Waals surface area contributed by atoms with E-state index in [-0.39, 0.29) is 0 Å². The number of allylic oxidation sites excluding steroid dienone is 1. The fraction of sp³-hybridized carbons (Fsp3) is 0.429. The molecule has 0 saturated heterocycles.